The smallest absolute Gasteiger partial charge is 0.272 e. The molecule has 0 atom stereocenters. The lowest BCUT2D eigenvalue weighted by molar-refractivity contribution is 0.0691. The number of carbonyl (C=O) groups excluding carboxylic acids is 1. The minimum absolute atomic E-state index is 0.0521. The number of nitrogens with zero attached hydrogens (tertiary/aromatic N) is 4. The fourth-order valence-electron chi connectivity index (χ4n) is 3.12. The summed E-state index contributed by atoms with van der Waals surface area (Å²) in [5.41, 5.74) is 2.83. The topological polar surface area (TPSA) is 49.3 Å². The third-order valence-electron chi connectivity index (χ3n) is 4.96. The van der Waals surface area contributed by atoms with Gasteiger partial charge in [-0.1, -0.05) is 6.92 Å². The van der Waals surface area contributed by atoms with Crippen molar-refractivity contribution in [1.82, 2.24) is 14.9 Å². The number of pyridine rings is 2. The minimum atomic E-state index is 0.0521. The molecule has 0 bridgehead atoms. The lowest BCUT2D eigenvalue weighted by Crippen LogP contribution is -2.38. The molecule has 2 aromatic rings. The fourth-order valence-corrected chi connectivity index (χ4v) is 3.12. The van der Waals surface area contributed by atoms with Crippen molar-refractivity contribution in [2.24, 2.45) is 5.92 Å². The third-order valence-corrected chi connectivity index (χ3v) is 4.96. The second-order valence-corrected chi connectivity index (χ2v) is 6.90. The molecular weight excluding hydrogens is 312 g/mol. The molecule has 1 fully saturated rings. The summed E-state index contributed by atoms with van der Waals surface area (Å²) in [7, 11) is 2.05. The van der Waals surface area contributed by atoms with Crippen LogP contribution in [0.2, 0.25) is 0 Å². The first-order valence-corrected chi connectivity index (χ1v) is 8.99. The Hall–Kier alpha value is -2.43. The van der Waals surface area contributed by atoms with Crippen LogP contribution in [-0.4, -0.2) is 47.5 Å². The van der Waals surface area contributed by atoms with E-state index in [4.69, 9.17) is 0 Å². The Bertz CT molecular complexity index is 696. The molecule has 0 saturated carbocycles. The van der Waals surface area contributed by atoms with E-state index in [1.165, 1.54) is 5.56 Å². The van der Waals surface area contributed by atoms with Gasteiger partial charge in [-0.15, -0.1) is 0 Å². The second kappa shape index (κ2) is 8.10. The molecular formula is C20H26N4O. The van der Waals surface area contributed by atoms with Gasteiger partial charge in [0.2, 0.25) is 0 Å². The van der Waals surface area contributed by atoms with Gasteiger partial charge in [0, 0.05) is 51.0 Å². The zero-order chi connectivity index (χ0) is 17.6. The van der Waals surface area contributed by atoms with Crippen molar-refractivity contribution < 1.29 is 4.79 Å². The van der Waals surface area contributed by atoms with Crippen LogP contribution in [0, 0.1) is 5.92 Å². The van der Waals surface area contributed by atoms with Gasteiger partial charge in [0.15, 0.2) is 0 Å². The maximum absolute atomic E-state index is 12.7. The molecule has 0 N–H and O–H groups in total. The highest BCUT2D eigenvalue weighted by molar-refractivity contribution is 5.93. The number of carbonyl (C=O) groups is 1. The van der Waals surface area contributed by atoms with Gasteiger partial charge in [-0.05, 0) is 55.0 Å². The van der Waals surface area contributed by atoms with Crippen LogP contribution in [-0.2, 0) is 6.42 Å². The number of rotatable bonds is 5. The van der Waals surface area contributed by atoms with Gasteiger partial charge in [-0.25, -0.2) is 0 Å². The van der Waals surface area contributed by atoms with Crippen LogP contribution >= 0.6 is 0 Å². The average molecular weight is 338 g/mol. The van der Waals surface area contributed by atoms with Crippen molar-refractivity contribution >= 4 is 11.6 Å². The van der Waals surface area contributed by atoms with E-state index in [0.29, 0.717) is 11.6 Å². The van der Waals surface area contributed by atoms with E-state index in [1.807, 2.05) is 48.6 Å². The highest BCUT2D eigenvalue weighted by Crippen LogP contribution is 2.19. The summed E-state index contributed by atoms with van der Waals surface area (Å²) < 4.78 is 0. The summed E-state index contributed by atoms with van der Waals surface area (Å²) in [4.78, 5) is 25.2. The Kier molecular flexibility index (Phi) is 5.64. The number of anilines is 1. The first-order chi connectivity index (χ1) is 12.1. The van der Waals surface area contributed by atoms with Crippen LogP contribution in [0.25, 0.3) is 0 Å². The molecule has 0 spiro atoms. The van der Waals surface area contributed by atoms with E-state index in [9.17, 15) is 4.79 Å². The maximum Gasteiger partial charge on any atom is 0.272 e. The summed E-state index contributed by atoms with van der Waals surface area (Å²) in [5, 5.41) is 0. The normalized spacial score (nSPS) is 15.2. The van der Waals surface area contributed by atoms with Crippen LogP contribution in [0.15, 0.2) is 42.9 Å². The third kappa shape index (κ3) is 4.56. The van der Waals surface area contributed by atoms with Crippen molar-refractivity contribution in [3.8, 4) is 0 Å². The van der Waals surface area contributed by atoms with Crippen molar-refractivity contribution in [3.05, 3.63) is 54.1 Å². The Labute approximate surface area is 149 Å². The van der Waals surface area contributed by atoms with Crippen LogP contribution in [0.1, 0.15) is 35.8 Å². The molecule has 3 heterocycles. The van der Waals surface area contributed by atoms with E-state index in [-0.39, 0.29) is 5.91 Å². The quantitative estimate of drug-likeness (QED) is 0.841. The first-order valence-electron chi connectivity index (χ1n) is 8.99. The molecule has 25 heavy (non-hydrogen) atoms. The Morgan fingerprint density at radius 3 is 2.64 bits per heavy atom. The molecule has 3 rings (SSSR count). The number of likely N-dealkylation sites (tertiary alicyclic amines) is 1. The first kappa shape index (κ1) is 17.4. The number of likely N-dealkylation sites (N-methyl/N-ethyl adjacent to an activating group) is 1. The molecule has 1 saturated heterocycles. The number of hydrogen-bond acceptors (Lipinski definition) is 4. The summed E-state index contributed by atoms with van der Waals surface area (Å²) in [6, 6.07) is 7.94. The van der Waals surface area contributed by atoms with E-state index in [1.54, 1.807) is 6.20 Å². The average Bonchev–Trinajstić information content (AvgIpc) is 2.67. The van der Waals surface area contributed by atoms with Crippen LogP contribution < -0.4 is 4.90 Å². The van der Waals surface area contributed by atoms with Gasteiger partial charge in [0.25, 0.3) is 5.91 Å². The number of piperidine rings is 1. The lowest BCUT2D eigenvalue weighted by Gasteiger charge is -2.30. The van der Waals surface area contributed by atoms with Gasteiger partial charge in [-0.3, -0.25) is 14.8 Å². The van der Waals surface area contributed by atoms with Gasteiger partial charge in [-0.2, -0.15) is 0 Å². The summed E-state index contributed by atoms with van der Waals surface area (Å²) in [6.45, 7) is 4.80. The molecule has 1 aliphatic rings. The van der Waals surface area contributed by atoms with Gasteiger partial charge >= 0.3 is 0 Å². The number of aromatic nitrogens is 2. The molecule has 1 amide bonds. The summed E-state index contributed by atoms with van der Waals surface area (Å²) >= 11 is 0. The van der Waals surface area contributed by atoms with Gasteiger partial charge < -0.3 is 9.80 Å². The van der Waals surface area contributed by atoms with Crippen LogP contribution in [0.3, 0.4) is 0 Å². The summed E-state index contributed by atoms with van der Waals surface area (Å²) in [5.74, 6) is 0.763. The predicted molar refractivity (Wildman–Crippen MR) is 99.7 cm³/mol. The molecule has 132 valence electrons. The SMILES string of the molecule is CC1CCN(C(=O)c2cc(N(C)CCc3ccncc3)ccn2)CC1. The lowest BCUT2D eigenvalue weighted by atomic mass is 9.99. The Balaban J connectivity index is 1.63. The Morgan fingerprint density at radius 1 is 1.20 bits per heavy atom. The standard InChI is InChI=1S/C20H26N4O/c1-16-6-13-24(14-7-16)20(25)19-15-18(5-11-22-19)23(2)12-8-17-3-9-21-10-4-17/h3-5,9-11,15-16H,6-8,12-14H2,1-2H3. The molecule has 1 aliphatic heterocycles. The zero-order valence-corrected chi connectivity index (χ0v) is 15.1. The zero-order valence-electron chi connectivity index (χ0n) is 15.1. The van der Waals surface area contributed by atoms with Gasteiger partial charge in [0.05, 0.1) is 0 Å². The van der Waals surface area contributed by atoms with Crippen molar-refractivity contribution in [2.75, 3.05) is 31.6 Å². The van der Waals surface area contributed by atoms with Crippen molar-refractivity contribution in [3.63, 3.8) is 0 Å². The van der Waals surface area contributed by atoms with Crippen molar-refractivity contribution in [2.45, 2.75) is 26.2 Å². The monoisotopic (exact) mass is 338 g/mol. The molecule has 5 nitrogen and oxygen atoms in total. The maximum atomic E-state index is 12.7. The molecule has 0 radical (unpaired) electrons. The van der Waals surface area contributed by atoms with E-state index >= 15 is 0 Å². The van der Waals surface area contributed by atoms with E-state index < -0.39 is 0 Å². The molecule has 2 aromatic heterocycles. The largest absolute Gasteiger partial charge is 0.374 e. The molecule has 0 aromatic carbocycles. The number of hydrogen-bond donors (Lipinski definition) is 0. The number of amides is 1. The van der Waals surface area contributed by atoms with E-state index in [2.05, 4.69) is 21.8 Å². The Morgan fingerprint density at radius 2 is 1.92 bits per heavy atom. The van der Waals surface area contributed by atoms with Crippen LogP contribution in [0.5, 0.6) is 0 Å². The van der Waals surface area contributed by atoms with E-state index in [0.717, 1.165) is 44.6 Å². The highest BCUT2D eigenvalue weighted by atomic mass is 16.2. The molecule has 0 aliphatic carbocycles. The molecule has 5 heteroatoms. The summed E-state index contributed by atoms with van der Waals surface area (Å²) in [6.07, 6.45) is 8.47. The minimum Gasteiger partial charge on any atom is -0.374 e. The molecule has 0 unspecified atom stereocenters. The van der Waals surface area contributed by atoms with Crippen molar-refractivity contribution in [1.29, 1.82) is 0 Å². The predicted octanol–water partition coefficient (Wildman–Crippen LogP) is 3.03. The van der Waals surface area contributed by atoms with Crippen LogP contribution in [0.4, 0.5) is 5.69 Å². The van der Waals surface area contributed by atoms with Gasteiger partial charge in [0.1, 0.15) is 5.69 Å². The fraction of sp³-hybridized carbons (Fsp3) is 0.450. The highest BCUT2D eigenvalue weighted by Gasteiger charge is 2.22. The second-order valence-electron chi connectivity index (χ2n) is 6.90.